The van der Waals surface area contributed by atoms with Gasteiger partial charge in [0, 0.05) is 54.5 Å². The highest BCUT2D eigenvalue weighted by molar-refractivity contribution is 6.23. The summed E-state index contributed by atoms with van der Waals surface area (Å²) in [7, 11) is 0. The maximum atomic E-state index is 2.47. The van der Waals surface area contributed by atoms with E-state index in [9.17, 15) is 0 Å². The van der Waals surface area contributed by atoms with Gasteiger partial charge in [-0.05, 0) is 99.8 Å². The Morgan fingerprint density at radius 3 is 1.30 bits per heavy atom. The lowest BCUT2D eigenvalue weighted by molar-refractivity contribution is 1.18. The van der Waals surface area contributed by atoms with E-state index < -0.39 is 0 Å². The van der Waals surface area contributed by atoms with E-state index in [2.05, 4.69) is 226 Å². The van der Waals surface area contributed by atoms with Crippen LogP contribution in [0.1, 0.15) is 0 Å². The molecule has 61 heavy (non-hydrogen) atoms. The van der Waals surface area contributed by atoms with Gasteiger partial charge in [-0.2, -0.15) is 0 Å². The Balaban J connectivity index is 0.862. The van der Waals surface area contributed by atoms with Crippen molar-refractivity contribution in [1.82, 2.24) is 13.5 Å². The monoisotopic (exact) mass is 773 g/mol. The lowest BCUT2D eigenvalue weighted by Gasteiger charge is -2.10. The van der Waals surface area contributed by atoms with Gasteiger partial charge in [-0.15, -0.1) is 0 Å². The van der Waals surface area contributed by atoms with Crippen molar-refractivity contribution in [2.24, 2.45) is 0 Å². The van der Waals surface area contributed by atoms with Crippen molar-refractivity contribution in [1.29, 1.82) is 0 Å². The zero-order valence-corrected chi connectivity index (χ0v) is 33.0. The van der Waals surface area contributed by atoms with Gasteiger partial charge in [0.25, 0.3) is 0 Å². The summed E-state index contributed by atoms with van der Waals surface area (Å²) in [6.45, 7) is 0. The molecule has 0 saturated heterocycles. The van der Waals surface area contributed by atoms with Crippen LogP contribution >= 0.6 is 0 Å². The second-order valence-corrected chi connectivity index (χ2v) is 16.5. The lowest BCUT2D eigenvalue weighted by Crippen LogP contribution is -1.94. The molecule has 0 aliphatic carbocycles. The van der Waals surface area contributed by atoms with Gasteiger partial charge in [0.15, 0.2) is 0 Å². The van der Waals surface area contributed by atoms with Gasteiger partial charge in [0.1, 0.15) is 0 Å². The second kappa shape index (κ2) is 12.2. The fourth-order valence-electron chi connectivity index (χ4n) is 10.6. The third kappa shape index (κ3) is 4.58. The number of para-hydroxylation sites is 4. The van der Waals surface area contributed by atoms with E-state index >= 15 is 0 Å². The van der Waals surface area contributed by atoms with E-state index in [0.717, 1.165) is 5.69 Å². The average Bonchev–Trinajstić information content (AvgIpc) is 4.05. The molecular weight excluding hydrogens is 739 g/mol. The Morgan fingerprint density at radius 2 is 0.672 bits per heavy atom. The molecule has 3 nitrogen and oxygen atoms in total. The van der Waals surface area contributed by atoms with Gasteiger partial charge in [0.05, 0.1) is 38.6 Å². The summed E-state index contributed by atoms with van der Waals surface area (Å²) in [5.41, 5.74) is 15.8. The smallest absolute Gasteiger partial charge is 0.0620 e. The molecule has 0 atom stereocenters. The van der Waals surface area contributed by atoms with Crippen LogP contribution < -0.4 is 0 Å². The highest BCUT2D eigenvalue weighted by Crippen LogP contribution is 2.42. The third-order valence-corrected chi connectivity index (χ3v) is 13.4. The second-order valence-electron chi connectivity index (χ2n) is 16.5. The molecule has 10 aromatic carbocycles. The number of nitrogens with zero attached hydrogens (tertiary/aromatic N) is 3. The van der Waals surface area contributed by atoms with Crippen LogP contribution in [-0.4, -0.2) is 13.5 Å². The van der Waals surface area contributed by atoms with E-state index in [1.807, 2.05) is 0 Å². The molecule has 0 aliphatic rings. The molecular formula is C58H35N3. The summed E-state index contributed by atoms with van der Waals surface area (Å²) in [6.07, 6.45) is 0. The Labute approximate surface area is 350 Å². The fourth-order valence-corrected chi connectivity index (χ4v) is 10.6. The van der Waals surface area contributed by atoms with E-state index in [4.69, 9.17) is 0 Å². The number of hydrogen-bond acceptors (Lipinski definition) is 0. The van der Waals surface area contributed by atoms with Crippen LogP contribution in [-0.2, 0) is 0 Å². The number of hydrogen-bond donors (Lipinski definition) is 0. The summed E-state index contributed by atoms with van der Waals surface area (Å²) < 4.78 is 7.31. The van der Waals surface area contributed by atoms with Gasteiger partial charge in [0.2, 0.25) is 0 Å². The standard InChI is InChI=1S/C58H35N3/c1-2-11-39-32-42(27-24-36(39)10-1)59-52-17-6-4-13-45(52)50-33-40(25-30-55(50)59)37-20-22-38(23-21-37)41-26-31-56-51(34-41)46-14-5-7-18-53(46)60(56)43-28-29-47-49-16-9-15-48-44-12-3-8-19-54(44)61(58(48)49)57(47)35-43/h1-35H. The zero-order valence-electron chi connectivity index (χ0n) is 33.0. The van der Waals surface area contributed by atoms with Gasteiger partial charge >= 0.3 is 0 Å². The lowest BCUT2D eigenvalue weighted by atomic mass is 9.98. The quantitative estimate of drug-likeness (QED) is 0.169. The number of fused-ring (bicyclic) bond motifs is 13. The van der Waals surface area contributed by atoms with Crippen LogP contribution in [0.2, 0.25) is 0 Å². The summed E-state index contributed by atoms with van der Waals surface area (Å²) in [5, 5.41) is 12.7. The first-order valence-corrected chi connectivity index (χ1v) is 21.1. The summed E-state index contributed by atoms with van der Waals surface area (Å²) in [6, 6.07) is 78.5. The van der Waals surface area contributed by atoms with Crippen LogP contribution in [0.4, 0.5) is 0 Å². The van der Waals surface area contributed by atoms with Crippen LogP contribution in [0, 0.1) is 0 Å². The van der Waals surface area contributed by atoms with Gasteiger partial charge in [-0.25, -0.2) is 0 Å². The molecule has 14 rings (SSSR count). The van der Waals surface area contributed by atoms with E-state index in [1.165, 1.54) is 120 Å². The van der Waals surface area contributed by atoms with Gasteiger partial charge < -0.3 is 13.5 Å². The minimum Gasteiger partial charge on any atom is -0.309 e. The molecule has 0 radical (unpaired) electrons. The molecule has 0 fully saturated rings. The maximum absolute atomic E-state index is 2.47. The molecule has 0 N–H and O–H groups in total. The Kier molecular flexibility index (Phi) is 6.56. The van der Waals surface area contributed by atoms with E-state index in [1.54, 1.807) is 0 Å². The molecule has 0 saturated carbocycles. The largest absolute Gasteiger partial charge is 0.309 e. The van der Waals surface area contributed by atoms with Gasteiger partial charge in [-0.3, -0.25) is 0 Å². The van der Waals surface area contributed by atoms with Crippen LogP contribution in [0.5, 0.6) is 0 Å². The SMILES string of the molecule is c1ccc2cc(-n3c4ccccc4c4cc(-c5ccc(-c6ccc7c(c6)c6ccccc6n7-c6ccc7c8cccc9c%10ccccc%10n(c7c6)c98)cc5)ccc43)ccc2c1. The zero-order chi connectivity index (χ0) is 39.8. The van der Waals surface area contributed by atoms with Crippen molar-refractivity contribution in [3.8, 4) is 33.6 Å². The number of benzene rings is 10. The molecule has 4 heterocycles. The first-order chi connectivity index (χ1) is 30.2. The first-order valence-electron chi connectivity index (χ1n) is 21.1. The predicted molar refractivity (Wildman–Crippen MR) is 258 cm³/mol. The molecule has 0 spiro atoms. The number of rotatable bonds is 4. The summed E-state index contributed by atoms with van der Waals surface area (Å²) in [4.78, 5) is 0. The van der Waals surface area contributed by atoms with E-state index in [-0.39, 0.29) is 0 Å². The molecule has 14 aromatic rings. The van der Waals surface area contributed by atoms with Gasteiger partial charge in [-0.1, -0.05) is 146 Å². The van der Waals surface area contributed by atoms with Crippen molar-refractivity contribution >= 4 is 92.5 Å². The topological polar surface area (TPSA) is 14.3 Å². The molecule has 0 bridgehead atoms. The van der Waals surface area contributed by atoms with Crippen molar-refractivity contribution in [3.63, 3.8) is 0 Å². The third-order valence-electron chi connectivity index (χ3n) is 13.4. The molecule has 0 aliphatic heterocycles. The maximum Gasteiger partial charge on any atom is 0.0620 e. The minimum absolute atomic E-state index is 1.16. The predicted octanol–water partition coefficient (Wildman–Crippen LogP) is 15.5. The molecule has 0 amide bonds. The fraction of sp³-hybridized carbons (Fsp3) is 0. The van der Waals surface area contributed by atoms with Crippen LogP contribution in [0.15, 0.2) is 212 Å². The minimum atomic E-state index is 1.16. The normalized spacial score (nSPS) is 12.3. The Hall–Kier alpha value is -8.14. The summed E-state index contributed by atoms with van der Waals surface area (Å²) in [5.74, 6) is 0. The van der Waals surface area contributed by atoms with Crippen molar-refractivity contribution in [2.75, 3.05) is 0 Å². The average molecular weight is 774 g/mol. The Bertz CT molecular complexity index is 4100. The molecule has 4 aromatic heterocycles. The molecule has 282 valence electrons. The first kappa shape index (κ1) is 32.8. The number of aromatic nitrogens is 3. The highest BCUT2D eigenvalue weighted by atomic mass is 15.0. The van der Waals surface area contributed by atoms with Crippen molar-refractivity contribution < 1.29 is 0 Å². The van der Waals surface area contributed by atoms with Crippen molar-refractivity contribution in [2.45, 2.75) is 0 Å². The molecule has 0 unspecified atom stereocenters. The Morgan fingerprint density at radius 1 is 0.230 bits per heavy atom. The van der Waals surface area contributed by atoms with Crippen molar-refractivity contribution in [3.05, 3.63) is 212 Å². The van der Waals surface area contributed by atoms with E-state index in [0.29, 0.717) is 0 Å². The summed E-state index contributed by atoms with van der Waals surface area (Å²) >= 11 is 0. The van der Waals surface area contributed by atoms with Crippen LogP contribution in [0.3, 0.4) is 0 Å². The van der Waals surface area contributed by atoms with Crippen LogP contribution in [0.25, 0.3) is 126 Å². The molecule has 3 heteroatoms. The highest BCUT2D eigenvalue weighted by Gasteiger charge is 2.20.